The Morgan fingerprint density at radius 2 is 1.73 bits per heavy atom. The number of hydrogen-bond donors (Lipinski definition) is 0. The van der Waals surface area contributed by atoms with Gasteiger partial charge in [0.1, 0.15) is 0 Å². The third-order valence-electron chi connectivity index (χ3n) is 2.32. The Hall–Kier alpha value is -0.830. The van der Waals surface area contributed by atoms with Crippen LogP contribution in [0.5, 0.6) is 0 Å². The smallest absolute Gasteiger partial charge is 0.0668 e. The SMILES string of the molecule is C=C(CCCN(CCC)CCC)C(=O)[O-]. The summed E-state index contributed by atoms with van der Waals surface area (Å²) in [4.78, 5) is 12.8. The molecular formula is C12H22NO2-. The Kier molecular flexibility index (Phi) is 8.01. The molecule has 0 bridgehead atoms. The molecular weight excluding hydrogens is 190 g/mol. The predicted molar refractivity (Wildman–Crippen MR) is 60.4 cm³/mol. The second-order valence-electron chi connectivity index (χ2n) is 3.84. The minimum absolute atomic E-state index is 0.211. The molecule has 0 fully saturated rings. The molecule has 0 aromatic heterocycles. The summed E-state index contributed by atoms with van der Waals surface area (Å²) in [6.07, 6.45) is 3.67. The Morgan fingerprint density at radius 1 is 1.20 bits per heavy atom. The molecule has 0 aromatic rings. The average Bonchev–Trinajstić information content (AvgIpc) is 2.18. The van der Waals surface area contributed by atoms with Gasteiger partial charge in [-0.1, -0.05) is 20.4 Å². The van der Waals surface area contributed by atoms with Crippen LogP contribution in [0.4, 0.5) is 0 Å². The van der Waals surface area contributed by atoms with Crippen molar-refractivity contribution < 1.29 is 9.90 Å². The highest BCUT2D eigenvalue weighted by molar-refractivity contribution is 5.83. The van der Waals surface area contributed by atoms with E-state index in [1.54, 1.807) is 0 Å². The van der Waals surface area contributed by atoms with Crippen LogP contribution in [0, 0.1) is 0 Å². The van der Waals surface area contributed by atoms with Crippen LogP contribution in [0.2, 0.25) is 0 Å². The van der Waals surface area contributed by atoms with Crippen molar-refractivity contribution in [3.8, 4) is 0 Å². The van der Waals surface area contributed by atoms with Crippen LogP contribution in [0.3, 0.4) is 0 Å². The van der Waals surface area contributed by atoms with Gasteiger partial charge in [-0.2, -0.15) is 0 Å². The van der Waals surface area contributed by atoms with Gasteiger partial charge in [0.2, 0.25) is 0 Å². The van der Waals surface area contributed by atoms with Crippen molar-refractivity contribution in [2.75, 3.05) is 19.6 Å². The lowest BCUT2D eigenvalue weighted by Crippen LogP contribution is -2.28. The van der Waals surface area contributed by atoms with Gasteiger partial charge < -0.3 is 14.8 Å². The lowest BCUT2D eigenvalue weighted by atomic mass is 10.1. The molecule has 0 heterocycles. The van der Waals surface area contributed by atoms with Crippen molar-refractivity contribution in [2.24, 2.45) is 0 Å². The van der Waals surface area contributed by atoms with E-state index in [1.165, 1.54) is 0 Å². The molecule has 3 heteroatoms. The van der Waals surface area contributed by atoms with Gasteiger partial charge in [-0.25, -0.2) is 0 Å². The quantitative estimate of drug-likeness (QED) is 0.539. The maximum atomic E-state index is 10.4. The molecule has 0 spiro atoms. The van der Waals surface area contributed by atoms with Crippen molar-refractivity contribution in [3.05, 3.63) is 12.2 Å². The lowest BCUT2D eigenvalue weighted by Gasteiger charge is -2.21. The van der Waals surface area contributed by atoms with E-state index in [0.29, 0.717) is 6.42 Å². The molecule has 0 unspecified atom stereocenters. The summed E-state index contributed by atoms with van der Waals surface area (Å²) in [6, 6.07) is 0. The summed E-state index contributed by atoms with van der Waals surface area (Å²) in [5.41, 5.74) is 0.211. The van der Waals surface area contributed by atoms with Crippen LogP contribution in [0.15, 0.2) is 12.2 Å². The fourth-order valence-electron chi connectivity index (χ4n) is 1.59. The largest absolute Gasteiger partial charge is 0.545 e. The van der Waals surface area contributed by atoms with Crippen molar-refractivity contribution in [3.63, 3.8) is 0 Å². The van der Waals surface area contributed by atoms with Crippen molar-refractivity contribution in [2.45, 2.75) is 39.5 Å². The number of carboxylic acid groups (broad SMARTS) is 1. The van der Waals surface area contributed by atoms with E-state index >= 15 is 0 Å². The van der Waals surface area contributed by atoms with E-state index in [4.69, 9.17) is 0 Å². The van der Waals surface area contributed by atoms with E-state index in [9.17, 15) is 9.90 Å². The number of hydrogen-bond acceptors (Lipinski definition) is 3. The van der Waals surface area contributed by atoms with Crippen LogP contribution < -0.4 is 5.11 Å². The molecule has 0 N–H and O–H groups in total. The van der Waals surface area contributed by atoms with Gasteiger partial charge in [-0.05, 0) is 50.9 Å². The average molecular weight is 212 g/mol. The van der Waals surface area contributed by atoms with Crippen molar-refractivity contribution in [1.82, 2.24) is 4.90 Å². The summed E-state index contributed by atoms with van der Waals surface area (Å²) < 4.78 is 0. The van der Waals surface area contributed by atoms with Crippen LogP contribution in [0.25, 0.3) is 0 Å². The Labute approximate surface area is 92.8 Å². The second-order valence-corrected chi connectivity index (χ2v) is 3.84. The fraction of sp³-hybridized carbons (Fsp3) is 0.750. The number of carbonyl (C=O) groups excluding carboxylic acids is 1. The Balaban J connectivity index is 3.69. The zero-order valence-corrected chi connectivity index (χ0v) is 9.92. The molecule has 0 radical (unpaired) electrons. The van der Waals surface area contributed by atoms with E-state index in [0.717, 1.165) is 38.9 Å². The predicted octanol–water partition coefficient (Wildman–Crippen LogP) is 1.19. The summed E-state index contributed by atoms with van der Waals surface area (Å²) in [5.74, 6) is -1.12. The van der Waals surface area contributed by atoms with Gasteiger partial charge in [-0.3, -0.25) is 0 Å². The number of carboxylic acids is 1. The van der Waals surface area contributed by atoms with Gasteiger partial charge in [0.25, 0.3) is 0 Å². The zero-order valence-electron chi connectivity index (χ0n) is 9.92. The van der Waals surface area contributed by atoms with Gasteiger partial charge in [0.15, 0.2) is 0 Å². The second kappa shape index (κ2) is 8.48. The molecule has 0 rings (SSSR count). The van der Waals surface area contributed by atoms with Crippen molar-refractivity contribution in [1.29, 1.82) is 0 Å². The summed E-state index contributed by atoms with van der Waals surface area (Å²) in [6.45, 7) is 10.9. The third-order valence-corrected chi connectivity index (χ3v) is 2.32. The highest BCUT2D eigenvalue weighted by Gasteiger charge is 2.02. The first-order chi connectivity index (χ1) is 7.11. The summed E-state index contributed by atoms with van der Waals surface area (Å²) in [7, 11) is 0. The standard InChI is InChI=1S/C12H23NO2/c1-4-8-13(9-5-2)10-6-7-11(3)12(14)15/h3-10H2,1-2H3,(H,14,15)/p-1. The third kappa shape index (κ3) is 7.14. The molecule has 15 heavy (non-hydrogen) atoms. The zero-order chi connectivity index (χ0) is 11.7. The van der Waals surface area contributed by atoms with Crippen LogP contribution in [0.1, 0.15) is 39.5 Å². The summed E-state index contributed by atoms with van der Waals surface area (Å²) in [5, 5.41) is 10.4. The molecule has 3 nitrogen and oxygen atoms in total. The van der Waals surface area contributed by atoms with E-state index in [2.05, 4.69) is 25.3 Å². The van der Waals surface area contributed by atoms with E-state index < -0.39 is 5.97 Å². The summed E-state index contributed by atoms with van der Waals surface area (Å²) >= 11 is 0. The van der Waals surface area contributed by atoms with E-state index in [-0.39, 0.29) is 5.57 Å². The fourth-order valence-corrected chi connectivity index (χ4v) is 1.59. The molecule has 0 aliphatic heterocycles. The Bertz CT molecular complexity index is 196. The number of rotatable bonds is 9. The first-order valence-corrected chi connectivity index (χ1v) is 5.73. The van der Waals surface area contributed by atoms with Crippen LogP contribution in [-0.4, -0.2) is 30.5 Å². The molecule has 0 saturated carbocycles. The molecule has 0 aliphatic rings. The monoisotopic (exact) mass is 212 g/mol. The first-order valence-electron chi connectivity index (χ1n) is 5.73. The number of aliphatic carboxylic acids is 1. The Morgan fingerprint density at radius 3 is 2.13 bits per heavy atom. The molecule has 0 amide bonds. The highest BCUT2D eigenvalue weighted by atomic mass is 16.4. The number of carbonyl (C=O) groups is 1. The molecule has 88 valence electrons. The van der Waals surface area contributed by atoms with Crippen LogP contribution >= 0.6 is 0 Å². The maximum absolute atomic E-state index is 10.4. The number of nitrogens with zero attached hydrogens (tertiary/aromatic N) is 1. The van der Waals surface area contributed by atoms with Gasteiger partial charge in [-0.15, -0.1) is 0 Å². The lowest BCUT2D eigenvalue weighted by molar-refractivity contribution is -0.299. The van der Waals surface area contributed by atoms with Crippen molar-refractivity contribution >= 4 is 5.97 Å². The minimum atomic E-state index is -1.12. The molecule has 0 saturated heterocycles. The first kappa shape index (κ1) is 14.2. The van der Waals surface area contributed by atoms with Gasteiger partial charge in [0, 0.05) is 0 Å². The highest BCUT2D eigenvalue weighted by Crippen LogP contribution is 2.04. The van der Waals surface area contributed by atoms with Gasteiger partial charge in [0.05, 0.1) is 5.97 Å². The van der Waals surface area contributed by atoms with Crippen LogP contribution in [-0.2, 0) is 4.79 Å². The molecule has 0 aliphatic carbocycles. The molecule has 0 aromatic carbocycles. The topological polar surface area (TPSA) is 43.4 Å². The maximum Gasteiger partial charge on any atom is 0.0668 e. The van der Waals surface area contributed by atoms with E-state index in [1.807, 2.05) is 0 Å². The minimum Gasteiger partial charge on any atom is -0.545 e. The van der Waals surface area contributed by atoms with Gasteiger partial charge >= 0.3 is 0 Å². The molecule has 0 atom stereocenters. The normalized spacial score (nSPS) is 10.6.